The summed E-state index contributed by atoms with van der Waals surface area (Å²) in [5.41, 5.74) is 0.172. The van der Waals surface area contributed by atoms with Gasteiger partial charge < -0.3 is 26.0 Å². The monoisotopic (exact) mass is 804 g/mol. The van der Waals surface area contributed by atoms with Gasteiger partial charge in [-0.2, -0.15) is 0 Å². The van der Waals surface area contributed by atoms with Crippen LogP contribution in [-0.4, -0.2) is 84.2 Å². The third-order valence-electron chi connectivity index (χ3n) is 12.8. The summed E-state index contributed by atoms with van der Waals surface area (Å²) in [6, 6.07) is 3.47. The summed E-state index contributed by atoms with van der Waals surface area (Å²) in [7, 11) is 0. The van der Waals surface area contributed by atoms with Crippen molar-refractivity contribution in [3.8, 4) is 5.75 Å². The fourth-order valence-corrected chi connectivity index (χ4v) is 10.3. The highest BCUT2D eigenvalue weighted by Gasteiger charge is 2.51. The zero-order valence-corrected chi connectivity index (χ0v) is 34.1. The Balaban J connectivity index is 0.697. The average molecular weight is 805 g/mol. The van der Waals surface area contributed by atoms with Crippen molar-refractivity contribution in [3.63, 3.8) is 0 Å². The van der Waals surface area contributed by atoms with Crippen molar-refractivity contribution >= 4 is 41.5 Å². The van der Waals surface area contributed by atoms with E-state index in [9.17, 15) is 33.6 Å². The van der Waals surface area contributed by atoms with E-state index in [1.807, 2.05) is 0 Å². The van der Waals surface area contributed by atoms with E-state index in [1.165, 1.54) is 76.3 Å². The molecule has 0 spiro atoms. The second-order valence-electron chi connectivity index (χ2n) is 17.5. The number of piperidine rings is 1. The van der Waals surface area contributed by atoms with E-state index in [4.69, 9.17) is 4.74 Å². The Morgan fingerprint density at radius 2 is 1.24 bits per heavy atom. The highest BCUT2D eigenvalue weighted by atomic mass is 16.5. The van der Waals surface area contributed by atoms with Gasteiger partial charge in [0.25, 0.3) is 17.7 Å². The van der Waals surface area contributed by atoms with Crippen LogP contribution in [0.4, 0.5) is 4.79 Å². The summed E-state index contributed by atoms with van der Waals surface area (Å²) < 4.78 is 5.63. The number of unbranched alkanes of at least 4 members (excludes halogenated alkanes) is 11. The van der Waals surface area contributed by atoms with Crippen LogP contribution in [0, 0.1) is 17.8 Å². The first-order valence-electron chi connectivity index (χ1n) is 22.2. The van der Waals surface area contributed by atoms with Gasteiger partial charge in [-0.05, 0) is 101 Å². The number of imide groups is 2. The largest absolute Gasteiger partial charge is 0.483 e. The van der Waals surface area contributed by atoms with E-state index in [0.717, 1.165) is 87.0 Å². The maximum atomic E-state index is 13.2. The average Bonchev–Trinajstić information content (AvgIpc) is 3.43. The molecular weight excluding hydrogens is 741 g/mol. The molecule has 1 aromatic carbocycles. The van der Waals surface area contributed by atoms with Gasteiger partial charge >= 0.3 is 6.03 Å². The molecule has 318 valence electrons. The normalized spacial score (nSPS) is 24.4. The third-order valence-corrected chi connectivity index (χ3v) is 12.8. The van der Waals surface area contributed by atoms with Gasteiger partial charge in [-0.3, -0.25) is 39.0 Å². The second-order valence-corrected chi connectivity index (χ2v) is 17.5. The molecule has 1 unspecified atom stereocenters. The molecule has 2 aliphatic heterocycles. The summed E-state index contributed by atoms with van der Waals surface area (Å²) in [6.45, 7) is 1.52. The first-order valence-corrected chi connectivity index (χ1v) is 22.2. The Labute approximate surface area is 342 Å². The van der Waals surface area contributed by atoms with Crippen LogP contribution in [0.1, 0.15) is 162 Å². The number of carbonyl (C=O) groups excluding carboxylic acids is 7. The topological polar surface area (TPSA) is 192 Å². The fourth-order valence-electron chi connectivity index (χ4n) is 10.3. The van der Waals surface area contributed by atoms with Crippen molar-refractivity contribution in [1.29, 1.82) is 0 Å². The van der Waals surface area contributed by atoms with E-state index in [1.54, 1.807) is 6.07 Å². The first-order chi connectivity index (χ1) is 28.1. The molecule has 58 heavy (non-hydrogen) atoms. The fraction of sp³-hybridized carbons (Fsp3) is 0.705. The van der Waals surface area contributed by atoms with Gasteiger partial charge in [0, 0.05) is 38.0 Å². The van der Waals surface area contributed by atoms with Gasteiger partial charge in [0.05, 0.1) is 11.1 Å². The SMILES string of the molecule is O=C(CCCCCCCCCCCNC(=O)NC12CC3CC(CC(C3)C1)C2)NCCCCCCNC(=O)COc1cccc2c1C(=O)N(C1CCC(=O)NC1=O)C2=O. The molecule has 6 aliphatic rings. The molecule has 4 saturated carbocycles. The smallest absolute Gasteiger partial charge is 0.315 e. The lowest BCUT2D eigenvalue weighted by atomic mass is 9.53. The quantitative estimate of drug-likeness (QED) is 0.0675. The standard InChI is InChI=1S/C44H64N6O8/c51-36(17-10-6-4-2-1-3-5-7-13-22-47-43(57)49-44-26-30-23-31(27-44)25-32(24-30)28-44)45-20-11-8-9-12-21-46-38(53)29-58-35-16-14-15-33-39(35)42(56)50(41(33)55)34-18-19-37(52)48-40(34)54/h14-16,30-32,34H,1-13,17-29H2,(H,45,51)(H,46,53)(H2,47,49,57)(H,48,52,54). The molecule has 0 radical (unpaired) electrons. The van der Waals surface area contributed by atoms with Crippen molar-refractivity contribution in [3.05, 3.63) is 29.3 Å². The number of urea groups is 1. The number of hydrogen-bond acceptors (Lipinski definition) is 8. The molecular formula is C44H64N6O8. The van der Waals surface area contributed by atoms with Crippen LogP contribution in [0.15, 0.2) is 18.2 Å². The molecule has 5 fully saturated rings. The molecule has 5 N–H and O–H groups in total. The van der Waals surface area contributed by atoms with Crippen molar-refractivity contribution in [2.45, 2.75) is 153 Å². The predicted octanol–water partition coefficient (Wildman–Crippen LogP) is 5.43. The van der Waals surface area contributed by atoms with Crippen molar-refractivity contribution in [1.82, 2.24) is 31.5 Å². The van der Waals surface area contributed by atoms with Crippen molar-refractivity contribution in [2.75, 3.05) is 26.2 Å². The number of ether oxygens (including phenoxy) is 1. The Bertz CT molecular complexity index is 1630. The van der Waals surface area contributed by atoms with E-state index < -0.39 is 29.7 Å². The van der Waals surface area contributed by atoms with E-state index in [0.29, 0.717) is 19.5 Å². The predicted molar refractivity (Wildman–Crippen MR) is 217 cm³/mol. The molecule has 4 aliphatic carbocycles. The van der Waals surface area contributed by atoms with Gasteiger partial charge in [0.2, 0.25) is 17.7 Å². The third kappa shape index (κ3) is 11.8. The highest BCUT2D eigenvalue weighted by molar-refractivity contribution is 6.24. The van der Waals surface area contributed by atoms with E-state index in [-0.39, 0.29) is 59.7 Å². The number of carbonyl (C=O) groups is 7. The summed E-state index contributed by atoms with van der Waals surface area (Å²) in [5, 5.41) is 14.5. The highest BCUT2D eigenvalue weighted by Crippen LogP contribution is 2.55. The van der Waals surface area contributed by atoms with Crippen LogP contribution in [0.2, 0.25) is 0 Å². The number of hydrogen-bond donors (Lipinski definition) is 5. The van der Waals surface area contributed by atoms with Gasteiger partial charge in [0.1, 0.15) is 11.8 Å². The summed E-state index contributed by atoms with van der Waals surface area (Å²) in [4.78, 5) is 88.1. The molecule has 2 heterocycles. The maximum absolute atomic E-state index is 13.2. The molecule has 7 rings (SSSR count). The summed E-state index contributed by atoms with van der Waals surface area (Å²) in [6.07, 6.45) is 22.0. The Morgan fingerprint density at radius 3 is 1.84 bits per heavy atom. The molecule has 8 amide bonds. The molecule has 14 nitrogen and oxygen atoms in total. The number of rotatable bonds is 24. The van der Waals surface area contributed by atoms with Crippen LogP contribution in [0.25, 0.3) is 0 Å². The molecule has 14 heteroatoms. The number of benzene rings is 1. The lowest BCUT2D eigenvalue weighted by molar-refractivity contribution is -0.136. The van der Waals surface area contributed by atoms with E-state index in [2.05, 4.69) is 26.6 Å². The van der Waals surface area contributed by atoms with Crippen molar-refractivity contribution < 1.29 is 38.3 Å². The molecule has 1 atom stereocenters. The minimum atomic E-state index is -1.08. The number of fused-ring (bicyclic) bond motifs is 1. The second kappa shape index (κ2) is 21.0. The van der Waals surface area contributed by atoms with Gasteiger partial charge in [-0.25, -0.2) is 4.79 Å². The van der Waals surface area contributed by atoms with Crippen LogP contribution < -0.4 is 31.3 Å². The minimum absolute atomic E-state index is 0.00378. The van der Waals surface area contributed by atoms with Crippen LogP contribution >= 0.6 is 0 Å². The minimum Gasteiger partial charge on any atom is -0.483 e. The van der Waals surface area contributed by atoms with Gasteiger partial charge in [-0.1, -0.05) is 63.9 Å². The van der Waals surface area contributed by atoms with Crippen LogP contribution in [-0.2, 0) is 19.2 Å². The van der Waals surface area contributed by atoms with Crippen molar-refractivity contribution in [2.24, 2.45) is 17.8 Å². The summed E-state index contributed by atoms with van der Waals surface area (Å²) >= 11 is 0. The number of amides is 8. The summed E-state index contributed by atoms with van der Waals surface area (Å²) in [5.74, 6) is -0.138. The zero-order valence-electron chi connectivity index (χ0n) is 34.1. The van der Waals surface area contributed by atoms with Crippen LogP contribution in [0.5, 0.6) is 5.75 Å². The van der Waals surface area contributed by atoms with Crippen LogP contribution in [0.3, 0.4) is 0 Å². The van der Waals surface area contributed by atoms with E-state index >= 15 is 0 Å². The number of nitrogens with one attached hydrogen (secondary N) is 5. The Hall–Kier alpha value is -4.49. The molecule has 0 aromatic heterocycles. The van der Waals surface area contributed by atoms with Gasteiger partial charge in [-0.15, -0.1) is 0 Å². The Kier molecular flexibility index (Phi) is 15.6. The lowest BCUT2D eigenvalue weighted by Gasteiger charge is -2.56. The lowest BCUT2D eigenvalue weighted by Crippen LogP contribution is -2.61. The number of nitrogens with zero attached hydrogens (tertiary/aromatic N) is 1. The molecule has 1 aromatic rings. The molecule has 1 saturated heterocycles. The van der Waals surface area contributed by atoms with Gasteiger partial charge in [0.15, 0.2) is 6.61 Å². The first kappa shape index (κ1) is 43.1. The Morgan fingerprint density at radius 1 is 0.690 bits per heavy atom. The molecule has 4 bridgehead atoms. The zero-order chi connectivity index (χ0) is 40.9. The maximum Gasteiger partial charge on any atom is 0.315 e.